The van der Waals surface area contributed by atoms with Gasteiger partial charge in [-0.2, -0.15) is 0 Å². The Balaban J connectivity index is 0.00000408. The van der Waals surface area contributed by atoms with E-state index >= 15 is 0 Å². The van der Waals surface area contributed by atoms with E-state index in [1.165, 1.54) is 5.56 Å². The van der Waals surface area contributed by atoms with Crippen molar-refractivity contribution < 1.29 is 4.79 Å². The summed E-state index contributed by atoms with van der Waals surface area (Å²) < 4.78 is 0. The Hall–Kier alpha value is -2.13. The van der Waals surface area contributed by atoms with Crippen LogP contribution < -0.4 is 16.0 Å². The zero-order valence-corrected chi connectivity index (χ0v) is 23.2. The van der Waals surface area contributed by atoms with E-state index in [9.17, 15) is 4.79 Å². The molecular formula is C27H40IN5O. The van der Waals surface area contributed by atoms with Crippen molar-refractivity contribution in [3.05, 3.63) is 71.3 Å². The van der Waals surface area contributed by atoms with Crippen LogP contribution in [0.5, 0.6) is 0 Å². The van der Waals surface area contributed by atoms with Gasteiger partial charge >= 0.3 is 0 Å². The summed E-state index contributed by atoms with van der Waals surface area (Å²) in [5, 5.41) is 10.0. The van der Waals surface area contributed by atoms with Crippen molar-refractivity contribution in [2.75, 3.05) is 13.6 Å². The first kappa shape index (κ1) is 28.1. The summed E-state index contributed by atoms with van der Waals surface area (Å²) in [5.74, 6) is 0.781. The molecule has 7 heteroatoms. The van der Waals surface area contributed by atoms with Crippen LogP contribution in [0.1, 0.15) is 61.5 Å². The molecule has 3 atom stereocenters. The number of rotatable bonds is 8. The third-order valence-corrected chi connectivity index (χ3v) is 6.45. The molecule has 0 radical (unpaired) electrons. The summed E-state index contributed by atoms with van der Waals surface area (Å²) in [6.45, 7) is 9.08. The van der Waals surface area contributed by atoms with Crippen LogP contribution in [0.3, 0.4) is 0 Å². The molecule has 0 aromatic heterocycles. The Morgan fingerprint density at radius 3 is 2.56 bits per heavy atom. The fourth-order valence-electron chi connectivity index (χ4n) is 4.21. The Labute approximate surface area is 222 Å². The van der Waals surface area contributed by atoms with Crippen LogP contribution in [0.15, 0.2) is 59.6 Å². The van der Waals surface area contributed by atoms with E-state index in [1.54, 1.807) is 7.05 Å². The van der Waals surface area contributed by atoms with Gasteiger partial charge in [0.15, 0.2) is 5.96 Å². The highest BCUT2D eigenvalue weighted by molar-refractivity contribution is 14.0. The van der Waals surface area contributed by atoms with Crippen molar-refractivity contribution in [1.29, 1.82) is 0 Å². The van der Waals surface area contributed by atoms with Crippen molar-refractivity contribution >= 4 is 35.8 Å². The van der Waals surface area contributed by atoms with Crippen LogP contribution >= 0.6 is 24.0 Å². The van der Waals surface area contributed by atoms with Crippen LogP contribution in [-0.2, 0) is 13.1 Å². The highest BCUT2D eigenvalue weighted by atomic mass is 127. The fraction of sp³-hybridized carbons (Fsp3) is 0.481. The predicted octanol–water partition coefficient (Wildman–Crippen LogP) is 4.55. The van der Waals surface area contributed by atoms with Gasteiger partial charge in [-0.25, -0.2) is 0 Å². The molecule has 3 rings (SSSR count). The van der Waals surface area contributed by atoms with Gasteiger partial charge in [-0.1, -0.05) is 49.4 Å². The predicted molar refractivity (Wildman–Crippen MR) is 152 cm³/mol. The molecule has 1 saturated heterocycles. The molecule has 6 nitrogen and oxygen atoms in total. The lowest BCUT2D eigenvalue weighted by molar-refractivity contribution is 0.0939. The number of nitrogens with one attached hydrogen (secondary N) is 3. The van der Waals surface area contributed by atoms with E-state index in [0.717, 1.165) is 43.9 Å². The Kier molecular flexibility index (Phi) is 11.8. The molecule has 3 N–H and O–H groups in total. The molecular weight excluding hydrogens is 537 g/mol. The highest BCUT2D eigenvalue weighted by Gasteiger charge is 2.26. The molecule has 186 valence electrons. The molecule has 1 amide bonds. The van der Waals surface area contributed by atoms with Gasteiger partial charge in [0.1, 0.15) is 0 Å². The summed E-state index contributed by atoms with van der Waals surface area (Å²) in [6, 6.07) is 19.5. The molecule has 2 aromatic carbocycles. The minimum Gasteiger partial charge on any atom is -0.354 e. The Morgan fingerprint density at radius 2 is 1.88 bits per heavy atom. The first-order chi connectivity index (χ1) is 16.0. The maximum absolute atomic E-state index is 12.4. The molecule has 34 heavy (non-hydrogen) atoms. The molecule has 0 spiro atoms. The number of carbonyl (C=O) groups excluding carboxylic acids is 1. The second kappa shape index (κ2) is 14.3. The first-order valence-electron chi connectivity index (χ1n) is 12.1. The Morgan fingerprint density at radius 1 is 1.15 bits per heavy atom. The minimum absolute atomic E-state index is 0. The molecule has 0 bridgehead atoms. The minimum atomic E-state index is -0.0232. The average Bonchev–Trinajstić information content (AvgIpc) is 2.84. The molecule has 1 aliphatic rings. The third-order valence-electron chi connectivity index (χ3n) is 6.45. The van der Waals surface area contributed by atoms with Gasteiger partial charge in [0.2, 0.25) is 0 Å². The van der Waals surface area contributed by atoms with Crippen LogP contribution in [0.2, 0.25) is 0 Å². The van der Waals surface area contributed by atoms with E-state index in [1.807, 2.05) is 31.2 Å². The number of carbonyl (C=O) groups is 1. The third kappa shape index (κ3) is 8.58. The maximum atomic E-state index is 12.4. The lowest BCUT2D eigenvalue weighted by atomic mass is 9.97. The van der Waals surface area contributed by atoms with Crippen molar-refractivity contribution in [1.82, 2.24) is 20.9 Å². The number of likely N-dealkylation sites (tertiary alicyclic amines) is 1. The van der Waals surface area contributed by atoms with Crippen LogP contribution in [-0.4, -0.2) is 48.5 Å². The normalized spacial score (nSPS) is 19.6. The lowest BCUT2D eigenvalue weighted by Gasteiger charge is -2.38. The second-order valence-corrected chi connectivity index (χ2v) is 9.08. The second-order valence-electron chi connectivity index (χ2n) is 9.08. The number of hydrogen-bond donors (Lipinski definition) is 3. The van der Waals surface area contributed by atoms with E-state index in [-0.39, 0.29) is 35.9 Å². The summed E-state index contributed by atoms with van der Waals surface area (Å²) in [5.41, 5.74) is 3.12. The SMILES string of the molecule is CCC(C)NC(=O)c1cccc(CNC(=NC)NC2CCN(Cc3ccccc3)C(C)C2)c1.I. The topological polar surface area (TPSA) is 68.8 Å². The monoisotopic (exact) mass is 577 g/mol. The van der Waals surface area contributed by atoms with Crippen molar-refractivity contribution in [2.45, 2.75) is 71.2 Å². The molecule has 1 aliphatic heterocycles. The number of guanidine groups is 1. The smallest absolute Gasteiger partial charge is 0.251 e. The zero-order chi connectivity index (χ0) is 23.6. The summed E-state index contributed by atoms with van der Waals surface area (Å²) in [7, 11) is 1.80. The van der Waals surface area contributed by atoms with Gasteiger partial charge in [0.05, 0.1) is 0 Å². The number of piperidine rings is 1. The van der Waals surface area contributed by atoms with Gasteiger partial charge in [0.25, 0.3) is 5.91 Å². The van der Waals surface area contributed by atoms with Gasteiger partial charge in [-0.15, -0.1) is 24.0 Å². The number of benzene rings is 2. The van der Waals surface area contributed by atoms with Gasteiger partial charge in [0, 0.05) is 50.4 Å². The number of amides is 1. The van der Waals surface area contributed by atoms with Crippen LogP contribution in [0, 0.1) is 0 Å². The summed E-state index contributed by atoms with van der Waals surface area (Å²) in [6.07, 6.45) is 3.08. The van der Waals surface area contributed by atoms with E-state index < -0.39 is 0 Å². The van der Waals surface area contributed by atoms with Crippen molar-refractivity contribution in [3.8, 4) is 0 Å². The number of hydrogen-bond acceptors (Lipinski definition) is 3. The lowest BCUT2D eigenvalue weighted by Crippen LogP contribution is -2.51. The quantitative estimate of drug-likeness (QED) is 0.245. The number of nitrogens with zero attached hydrogens (tertiary/aromatic N) is 2. The molecule has 2 aromatic rings. The summed E-state index contributed by atoms with van der Waals surface area (Å²) in [4.78, 5) is 19.4. The molecule has 0 aliphatic carbocycles. The van der Waals surface area contributed by atoms with Crippen molar-refractivity contribution in [3.63, 3.8) is 0 Å². The summed E-state index contributed by atoms with van der Waals surface area (Å²) >= 11 is 0. The Bertz CT molecular complexity index is 920. The van der Waals surface area contributed by atoms with Gasteiger partial charge < -0.3 is 16.0 Å². The first-order valence-corrected chi connectivity index (χ1v) is 12.1. The van der Waals surface area contributed by atoms with E-state index in [4.69, 9.17) is 0 Å². The van der Waals surface area contributed by atoms with Crippen LogP contribution in [0.4, 0.5) is 0 Å². The standard InChI is InChI=1S/C27H39N5O.HI/c1-5-20(2)30-26(33)24-13-9-12-23(17-24)18-29-27(28-4)31-25-14-15-32(21(3)16-25)19-22-10-7-6-8-11-22;/h6-13,17,20-21,25H,5,14-16,18-19H2,1-4H3,(H,30,33)(H2,28,29,31);1H. The van der Waals surface area contributed by atoms with Gasteiger partial charge in [-0.3, -0.25) is 14.7 Å². The largest absolute Gasteiger partial charge is 0.354 e. The molecule has 1 heterocycles. The molecule has 3 unspecified atom stereocenters. The van der Waals surface area contributed by atoms with Crippen LogP contribution in [0.25, 0.3) is 0 Å². The maximum Gasteiger partial charge on any atom is 0.251 e. The fourth-order valence-corrected chi connectivity index (χ4v) is 4.21. The zero-order valence-electron chi connectivity index (χ0n) is 20.9. The van der Waals surface area contributed by atoms with E-state index in [2.05, 4.69) is 70.0 Å². The molecule has 1 fully saturated rings. The molecule has 0 saturated carbocycles. The number of aliphatic imine (C=N–C) groups is 1. The highest BCUT2D eigenvalue weighted by Crippen LogP contribution is 2.20. The number of halogens is 1. The van der Waals surface area contributed by atoms with Crippen molar-refractivity contribution in [2.24, 2.45) is 4.99 Å². The van der Waals surface area contributed by atoms with E-state index in [0.29, 0.717) is 24.2 Å². The average molecular weight is 578 g/mol. The van der Waals surface area contributed by atoms with Gasteiger partial charge in [-0.05, 0) is 56.4 Å².